The first kappa shape index (κ1) is 16.6. The molecule has 0 fully saturated rings. The number of carbonyl (C=O) groups excluding carboxylic acids is 1. The second-order valence-electron chi connectivity index (χ2n) is 6.48. The van der Waals surface area contributed by atoms with E-state index in [0.717, 1.165) is 12.1 Å². The molecule has 0 spiro atoms. The van der Waals surface area contributed by atoms with Crippen molar-refractivity contribution in [2.75, 3.05) is 17.0 Å². The first-order valence-electron chi connectivity index (χ1n) is 8.65. The molecule has 140 valence electrons. The maximum atomic E-state index is 13.9. The van der Waals surface area contributed by atoms with E-state index < -0.39 is 17.8 Å². The fourth-order valence-corrected chi connectivity index (χ4v) is 3.47. The number of nitrogens with one attached hydrogen (secondary N) is 1. The van der Waals surface area contributed by atoms with Crippen molar-refractivity contribution in [1.82, 2.24) is 0 Å². The summed E-state index contributed by atoms with van der Waals surface area (Å²) >= 11 is 0. The molecule has 0 saturated carbocycles. The largest absolute Gasteiger partial charge is 0.454 e. The van der Waals surface area contributed by atoms with Crippen LogP contribution in [0.1, 0.15) is 22.1 Å². The predicted molar refractivity (Wildman–Crippen MR) is 98.5 cm³/mol. The number of amides is 1. The van der Waals surface area contributed by atoms with E-state index in [1.807, 2.05) is 0 Å². The van der Waals surface area contributed by atoms with Gasteiger partial charge in [-0.05, 0) is 42.0 Å². The van der Waals surface area contributed by atoms with Crippen molar-refractivity contribution in [2.24, 2.45) is 0 Å². The second-order valence-corrected chi connectivity index (χ2v) is 6.48. The summed E-state index contributed by atoms with van der Waals surface area (Å²) in [5.41, 5.74) is 2.07. The summed E-state index contributed by atoms with van der Waals surface area (Å²) in [6.45, 7) is 0.112. The summed E-state index contributed by atoms with van der Waals surface area (Å²) in [7, 11) is 0. The van der Waals surface area contributed by atoms with Crippen molar-refractivity contribution < 1.29 is 23.0 Å². The van der Waals surface area contributed by atoms with Crippen LogP contribution < -0.4 is 19.7 Å². The van der Waals surface area contributed by atoms with Gasteiger partial charge in [0.2, 0.25) is 6.79 Å². The molecule has 3 aromatic carbocycles. The van der Waals surface area contributed by atoms with E-state index in [-0.39, 0.29) is 12.7 Å². The molecule has 1 atom stereocenters. The summed E-state index contributed by atoms with van der Waals surface area (Å²) in [6.07, 6.45) is -0.724. The molecular formula is C21H14F2N2O3. The van der Waals surface area contributed by atoms with Gasteiger partial charge in [-0.25, -0.2) is 8.78 Å². The summed E-state index contributed by atoms with van der Waals surface area (Å²) in [5.74, 6) is -1.07. The van der Waals surface area contributed by atoms with E-state index in [0.29, 0.717) is 34.0 Å². The maximum absolute atomic E-state index is 13.9. The molecule has 0 radical (unpaired) electrons. The fourth-order valence-electron chi connectivity index (χ4n) is 3.47. The first-order chi connectivity index (χ1) is 13.6. The van der Waals surface area contributed by atoms with Gasteiger partial charge < -0.3 is 14.8 Å². The monoisotopic (exact) mass is 380 g/mol. The third-order valence-corrected chi connectivity index (χ3v) is 4.82. The molecular weight excluding hydrogens is 366 g/mol. The highest BCUT2D eigenvalue weighted by Gasteiger charge is 2.35. The molecule has 0 aliphatic carbocycles. The van der Waals surface area contributed by atoms with Crippen molar-refractivity contribution in [3.8, 4) is 11.5 Å². The van der Waals surface area contributed by atoms with E-state index >= 15 is 0 Å². The number of carbonyl (C=O) groups is 1. The number of nitrogens with zero attached hydrogens (tertiary/aromatic N) is 1. The van der Waals surface area contributed by atoms with Gasteiger partial charge >= 0.3 is 0 Å². The van der Waals surface area contributed by atoms with Crippen LogP contribution in [0.25, 0.3) is 0 Å². The van der Waals surface area contributed by atoms with Crippen LogP contribution in [0.5, 0.6) is 11.5 Å². The standard InChI is InChI=1S/C21H14F2N2O3/c22-15-7-5-12(9-16(15)23)20-24-17-4-2-1-3-14(17)21(26)25(20)13-6-8-18-19(10-13)28-11-27-18/h1-10,20,24H,11H2/t20-/m1/s1. The Labute approximate surface area is 159 Å². The van der Waals surface area contributed by atoms with Crippen molar-refractivity contribution >= 4 is 17.3 Å². The van der Waals surface area contributed by atoms with E-state index in [1.54, 1.807) is 42.5 Å². The number of anilines is 2. The van der Waals surface area contributed by atoms with E-state index in [1.165, 1.54) is 11.0 Å². The van der Waals surface area contributed by atoms with Gasteiger partial charge in [-0.1, -0.05) is 18.2 Å². The molecule has 1 N–H and O–H groups in total. The highest BCUT2D eigenvalue weighted by Crippen LogP contribution is 2.41. The van der Waals surface area contributed by atoms with Crippen LogP contribution in [-0.2, 0) is 0 Å². The zero-order valence-corrected chi connectivity index (χ0v) is 14.5. The molecule has 0 aromatic heterocycles. The van der Waals surface area contributed by atoms with Crippen LogP contribution in [0.4, 0.5) is 20.2 Å². The molecule has 28 heavy (non-hydrogen) atoms. The smallest absolute Gasteiger partial charge is 0.262 e. The zero-order valence-electron chi connectivity index (χ0n) is 14.5. The first-order valence-corrected chi connectivity index (χ1v) is 8.65. The molecule has 7 heteroatoms. The van der Waals surface area contributed by atoms with Gasteiger partial charge in [0.1, 0.15) is 6.17 Å². The lowest BCUT2D eigenvalue weighted by Crippen LogP contribution is -2.43. The Morgan fingerprint density at radius 2 is 1.75 bits per heavy atom. The normalized spacial score (nSPS) is 17.3. The Morgan fingerprint density at radius 1 is 0.929 bits per heavy atom. The molecule has 5 nitrogen and oxygen atoms in total. The Morgan fingerprint density at radius 3 is 2.61 bits per heavy atom. The molecule has 2 aliphatic heterocycles. The van der Waals surface area contributed by atoms with Crippen LogP contribution in [-0.4, -0.2) is 12.7 Å². The van der Waals surface area contributed by atoms with Crippen molar-refractivity contribution in [3.63, 3.8) is 0 Å². The average Bonchev–Trinajstić information content (AvgIpc) is 3.18. The number of benzene rings is 3. The van der Waals surface area contributed by atoms with Crippen molar-refractivity contribution in [1.29, 1.82) is 0 Å². The van der Waals surface area contributed by atoms with Gasteiger partial charge in [0.25, 0.3) is 5.91 Å². The van der Waals surface area contributed by atoms with Gasteiger partial charge in [0, 0.05) is 11.8 Å². The average molecular weight is 380 g/mol. The van der Waals surface area contributed by atoms with Crippen LogP contribution in [0.15, 0.2) is 60.7 Å². The minimum Gasteiger partial charge on any atom is -0.454 e. The number of halogens is 2. The third-order valence-electron chi connectivity index (χ3n) is 4.82. The van der Waals surface area contributed by atoms with Crippen molar-refractivity contribution in [2.45, 2.75) is 6.17 Å². The topological polar surface area (TPSA) is 50.8 Å². The van der Waals surface area contributed by atoms with Crippen LogP contribution in [0, 0.1) is 11.6 Å². The van der Waals surface area contributed by atoms with Gasteiger partial charge in [-0.2, -0.15) is 0 Å². The molecule has 0 bridgehead atoms. The molecule has 2 heterocycles. The molecule has 0 saturated heterocycles. The number of rotatable bonds is 2. The maximum Gasteiger partial charge on any atom is 0.262 e. The lowest BCUT2D eigenvalue weighted by molar-refractivity contribution is 0.0975. The minimum atomic E-state index is -0.976. The molecule has 5 rings (SSSR count). The Hall–Kier alpha value is -3.61. The zero-order chi connectivity index (χ0) is 19.3. The summed E-state index contributed by atoms with van der Waals surface area (Å²) in [6, 6.07) is 15.8. The van der Waals surface area contributed by atoms with Crippen LogP contribution in [0.2, 0.25) is 0 Å². The summed E-state index contributed by atoms with van der Waals surface area (Å²) < 4.78 is 38.1. The van der Waals surface area contributed by atoms with Gasteiger partial charge in [0.15, 0.2) is 23.1 Å². The molecule has 1 amide bonds. The van der Waals surface area contributed by atoms with Gasteiger partial charge in [0.05, 0.1) is 11.3 Å². The Balaban J connectivity index is 1.66. The Bertz CT molecular complexity index is 1100. The quantitative estimate of drug-likeness (QED) is 0.713. The third kappa shape index (κ3) is 2.55. The highest BCUT2D eigenvalue weighted by atomic mass is 19.2. The highest BCUT2D eigenvalue weighted by molar-refractivity contribution is 6.12. The van der Waals surface area contributed by atoms with Crippen LogP contribution >= 0.6 is 0 Å². The lowest BCUT2D eigenvalue weighted by atomic mass is 10.0. The second kappa shape index (κ2) is 6.23. The number of hydrogen-bond donors (Lipinski definition) is 1. The van der Waals surface area contributed by atoms with Gasteiger partial charge in [-0.3, -0.25) is 9.69 Å². The number of fused-ring (bicyclic) bond motifs is 2. The fraction of sp³-hybridized carbons (Fsp3) is 0.0952. The lowest BCUT2D eigenvalue weighted by Gasteiger charge is -2.38. The van der Waals surface area contributed by atoms with E-state index in [4.69, 9.17) is 9.47 Å². The molecule has 3 aromatic rings. The predicted octanol–water partition coefficient (Wildman–Crippen LogP) is 4.46. The number of para-hydroxylation sites is 1. The van der Waals surface area contributed by atoms with Crippen LogP contribution in [0.3, 0.4) is 0 Å². The summed E-state index contributed by atoms with van der Waals surface area (Å²) in [4.78, 5) is 14.8. The number of ether oxygens (including phenoxy) is 2. The van der Waals surface area contributed by atoms with Gasteiger partial charge in [-0.15, -0.1) is 0 Å². The molecule has 0 unspecified atom stereocenters. The Kier molecular flexibility index (Phi) is 3.68. The van der Waals surface area contributed by atoms with E-state index in [2.05, 4.69) is 5.32 Å². The number of hydrogen-bond acceptors (Lipinski definition) is 4. The molecule has 2 aliphatic rings. The van der Waals surface area contributed by atoms with Crippen molar-refractivity contribution in [3.05, 3.63) is 83.4 Å². The van der Waals surface area contributed by atoms with E-state index in [9.17, 15) is 13.6 Å². The summed E-state index contributed by atoms with van der Waals surface area (Å²) in [5, 5.41) is 3.25. The minimum absolute atomic E-state index is 0.112. The SMILES string of the molecule is O=C1c2ccccc2N[C@@H](c2ccc(F)c(F)c2)N1c1ccc2c(c1)OCO2.